The molecule has 0 unspecified atom stereocenters. The fourth-order valence-electron chi connectivity index (χ4n) is 3.17. The predicted octanol–water partition coefficient (Wildman–Crippen LogP) is 2.14. The molecule has 176 valence electrons. The third-order valence-electron chi connectivity index (χ3n) is 4.88. The molecule has 0 fully saturated rings. The van der Waals surface area contributed by atoms with Crippen molar-refractivity contribution in [3.8, 4) is 11.5 Å². The van der Waals surface area contributed by atoms with Gasteiger partial charge in [0.25, 0.3) is 0 Å². The lowest BCUT2D eigenvalue weighted by atomic mass is 10.1. The van der Waals surface area contributed by atoms with Crippen molar-refractivity contribution in [3.05, 3.63) is 48.0 Å². The summed E-state index contributed by atoms with van der Waals surface area (Å²) in [6.45, 7) is 3.19. The number of carbonyl (C=O) groups excluding carboxylic acids is 1. The van der Waals surface area contributed by atoms with E-state index in [1.54, 1.807) is 31.2 Å². The van der Waals surface area contributed by atoms with Crippen LogP contribution in [-0.2, 0) is 24.7 Å². The molecule has 0 radical (unpaired) electrons. The normalized spacial score (nSPS) is 13.7. The van der Waals surface area contributed by atoms with Gasteiger partial charge in [0.05, 0.1) is 37.1 Å². The molecule has 0 heterocycles. The molecule has 0 spiro atoms. The van der Waals surface area contributed by atoms with E-state index in [1.165, 1.54) is 39.3 Å². The highest BCUT2D eigenvalue weighted by molar-refractivity contribution is 7.92. The number of anilines is 1. The standard InChI is InChI=1S/C21H28N2O7S2/c1-14(16-7-10-18(11-8-16)31(5,25)26)22-21(24)15(2)23(32(6,27)28)19-13-17(29-3)9-12-20(19)30-4/h7-15H,1-6H3,(H,22,24)/t14-,15+/m0/s1. The van der Waals surface area contributed by atoms with E-state index in [1.807, 2.05) is 0 Å². The van der Waals surface area contributed by atoms with Crippen LogP contribution >= 0.6 is 0 Å². The van der Waals surface area contributed by atoms with Crippen LogP contribution in [0.3, 0.4) is 0 Å². The molecule has 1 amide bonds. The summed E-state index contributed by atoms with van der Waals surface area (Å²) < 4.78 is 60.0. The Kier molecular flexibility index (Phi) is 7.79. The van der Waals surface area contributed by atoms with Crippen LogP contribution in [0.4, 0.5) is 5.69 Å². The topological polar surface area (TPSA) is 119 Å². The van der Waals surface area contributed by atoms with Crippen LogP contribution in [0.15, 0.2) is 47.4 Å². The maximum absolute atomic E-state index is 13.0. The second-order valence-corrected chi connectivity index (χ2v) is 11.2. The molecule has 0 aromatic heterocycles. The fraction of sp³-hybridized carbons (Fsp3) is 0.381. The summed E-state index contributed by atoms with van der Waals surface area (Å²) in [5.74, 6) is 0.127. The number of amides is 1. The first-order valence-electron chi connectivity index (χ1n) is 9.61. The molecule has 32 heavy (non-hydrogen) atoms. The Hall–Kier alpha value is -2.79. The summed E-state index contributed by atoms with van der Waals surface area (Å²) in [6.07, 6.45) is 2.12. The second kappa shape index (κ2) is 9.78. The van der Waals surface area contributed by atoms with Crippen molar-refractivity contribution in [1.82, 2.24) is 5.32 Å². The molecule has 9 nitrogen and oxygen atoms in total. The van der Waals surface area contributed by atoms with Gasteiger partial charge in [-0.2, -0.15) is 0 Å². The van der Waals surface area contributed by atoms with Gasteiger partial charge in [-0.05, 0) is 43.7 Å². The number of nitrogens with one attached hydrogen (secondary N) is 1. The van der Waals surface area contributed by atoms with Crippen LogP contribution in [0.5, 0.6) is 11.5 Å². The summed E-state index contributed by atoms with van der Waals surface area (Å²) in [5.41, 5.74) is 0.838. The lowest BCUT2D eigenvalue weighted by Crippen LogP contribution is -2.48. The van der Waals surface area contributed by atoms with Gasteiger partial charge in [0, 0.05) is 12.3 Å². The number of sulfone groups is 1. The molecule has 0 saturated carbocycles. The van der Waals surface area contributed by atoms with Crippen molar-refractivity contribution in [2.75, 3.05) is 31.0 Å². The monoisotopic (exact) mass is 484 g/mol. The Labute approximate surface area is 189 Å². The van der Waals surface area contributed by atoms with E-state index in [2.05, 4.69) is 5.32 Å². The Morgan fingerprint density at radius 2 is 1.53 bits per heavy atom. The van der Waals surface area contributed by atoms with Crippen molar-refractivity contribution >= 4 is 31.5 Å². The van der Waals surface area contributed by atoms with Crippen molar-refractivity contribution in [2.24, 2.45) is 0 Å². The summed E-state index contributed by atoms with van der Waals surface area (Å²) in [6, 6.07) is 9.18. The van der Waals surface area contributed by atoms with Gasteiger partial charge in [0.2, 0.25) is 15.9 Å². The van der Waals surface area contributed by atoms with E-state index in [4.69, 9.17) is 9.47 Å². The van der Waals surface area contributed by atoms with Gasteiger partial charge in [-0.3, -0.25) is 9.10 Å². The van der Waals surface area contributed by atoms with Crippen LogP contribution in [0, 0.1) is 0 Å². The lowest BCUT2D eigenvalue weighted by Gasteiger charge is -2.30. The van der Waals surface area contributed by atoms with E-state index in [-0.39, 0.29) is 16.3 Å². The van der Waals surface area contributed by atoms with Crippen LogP contribution in [0.1, 0.15) is 25.5 Å². The van der Waals surface area contributed by atoms with Crippen molar-refractivity contribution < 1.29 is 31.1 Å². The molecule has 1 N–H and O–H groups in total. The third-order valence-corrected chi connectivity index (χ3v) is 7.23. The zero-order valence-electron chi connectivity index (χ0n) is 18.8. The van der Waals surface area contributed by atoms with E-state index in [0.29, 0.717) is 11.3 Å². The van der Waals surface area contributed by atoms with Crippen molar-refractivity contribution in [1.29, 1.82) is 0 Å². The number of ether oxygens (including phenoxy) is 2. The minimum absolute atomic E-state index is 0.168. The van der Waals surface area contributed by atoms with Crippen molar-refractivity contribution in [2.45, 2.75) is 30.8 Å². The SMILES string of the molecule is COc1ccc(OC)c(N([C@H](C)C(=O)N[C@@H](C)c2ccc(S(C)(=O)=O)cc2)S(C)(=O)=O)c1. The first kappa shape index (κ1) is 25.5. The molecule has 2 atom stereocenters. The van der Waals surface area contributed by atoms with E-state index in [0.717, 1.165) is 16.8 Å². The Balaban J connectivity index is 2.33. The Morgan fingerprint density at radius 1 is 0.938 bits per heavy atom. The number of sulfonamides is 1. The maximum atomic E-state index is 13.0. The predicted molar refractivity (Wildman–Crippen MR) is 122 cm³/mol. The van der Waals surface area contributed by atoms with Gasteiger partial charge in [-0.25, -0.2) is 16.8 Å². The zero-order chi connectivity index (χ0) is 24.3. The summed E-state index contributed by atoms with van der Waals surface area (Å²) in [5, 5.41) is 2.78. The van der Waals surface area contributed by atoms with E-state index in [9.17, 15) is 21.6 Å². The molecule has 2 aromatic carbocycles. The number of rotatable bonds is 9. The van der Waals surface area contributed by atoms with Crippen LogP contribution in [-0.4, -0.2) is 55.5 Å². The highest BCUT2D eigenvalue weighted by Gasteiger charge is 2.32. The highest BCUT2D eigenvalue weighted by atomic mass is 32.2. The number of hydrogen-bond donors (Lipinski definition) is 1. The second-order valence-electron chi connectivity index (χ2n) is 7.34. The molecule has 0 aliphatic heterocycles. The molecule has 0 aliphatic rings. The van der Waals surface area contributed by atoms with Crippen LogP contribution < -0.4 is 19.1 Å². The molecule has 11 heteroatoms. The van der Waals surface area contributed by atoms with Gasteiger partial charge < -0.3 is 14.8 Å². The highest BCUT2D eigenvalue weighted by Crippen LogP contribution is 2.35. The molecular formula is C21H28N2O7S2. The lowest BCUT2D eigenvalue weighted by molar-refractivity contribution is -0.122. The van der Waals surface area contributed by atoms with Gasteiger partial charge in [0.15, 0.2) is 9.84 Å². The minimum atomic E-state index is -3.87. The van der Waals surface area contributed by atoms with Crippen molar-refractivity contribution in [3.63, 3.8) is 0 Å². The van der Waals surface area contributed by atoms with Crippen LogP contribution in [0.2, 0.25) is 0 Å². The summed E-state index contributed by atoms with van der Waals surface area (Å²) in [7, 11) is -4.36. The molecule has 2 rings (SSSR count). The first-order valence-corrected chi connectivity index (χ1v) is 13.4. The quantitative estimate of drug-likeness (QED) is 0.579. The maximum Gasteiger partial charge on any atom is 0.244 e. The molecule has 0 bridgehead atoms. The Morgan fingerprint density at radius 3 is 2.00 bits per heavy atom. The average molecular weight is 485 g/mol. The van der Waals surface area contributed by atoms with Gasteiger partial charge in [0.1, 0.15) is 17.5 Å². The molecular weight excluding hydrogens is 456 g/mol. The average Bonchev–Trinajstić information content (AvgIpc) is 2.72. The zero-order valence-corrected chi connectivity index (χ0v) is 20.5. The largest absolute Gasteiger partial charge is 0.497 e. The van der Waals surface area contributed by atoms with Crippen LogP contribution in [0.25, 0.3) is 0 Å². The number of hydrogen-bond acceptors (Lipinski definition) is 7. The van der Waals surface area contributed by atoms with Gasteiger partial charge in [-0.1, -0.05) is 12.1 Å². The summed E-state index contributed by atoms with van der Waals surface area (Å²) in [4.78, 5) is 13.2. The Bertz CT molecular complexity index is 1180. The first-order chi connectivity index (χ1) is 14.8. The fourth-order valence-corrected chi connectivity index (χ4v) is 4.97. The number of methoxy groups -OCH3 is 2. The molecule has 0 saturated heterocycles. The smallest absolute Gasteiger partial charge is 0.244 e. The van der Waals surface area contributed by atoms with E-state index >= 15 is 0 Å². The van der Waals surface area contributed by atoms with E-state index < -0.39 is 37.9 Å². The third kappa shape index (κ3) is 5.92. The van der Waals surface area contributed by atoms with Gasteiger partial charge >= 0.3 is 0 Å². The van der Waals surface area contributed by atoms with Gasteiger partial charge in [-0.15, -0.1) is 0 Å². The minimum Gasteiger partial charge on any atom is -0.497 e. The number of benzene rings is 2. The molecule has 2 aromatic rings. The summed E-state index contributed by atoms with van der Waals surface area (Å²) >= 11 is 0. The number of carbonyl (C=O) groups is 1. The molecule has 0 aliphatic carbocycles. The number of nitrogens with zero attached hydrogens (tertiary/aromatic N) is 1.